The van der Waals surface area contributed by atoms with Crippen LogP contribution in [0.15, 0.2) is 41.0 Å². The van der Waals surface area contributed by atoms with E-state index in [-0.39, 0.29) is 11.3 Å². The lowest BCUT2D eigenvalue weighted by Gasteiger charge is -2.07. The number of para-hydroxylation sites is 1. The van der Waals surface area contributed by atoms with Crippen molar-refractivity contribution >= 4 is 27.7 Å². The van der Waals surface area contributed by atoms with Crippen molar-refractivity contribution in [3.05, 3.63) is 46.6 Å². The molecule has 0 atom stereocenters. The highest BCUT2D eigenvalue weighted by Crippen LogP contribution is 2.28. The van der Waals surface area contributed by atoms with Crippen LogP contribution < -0.4 is 5.32 Å². The van der Waals surface area contributed by atoms with Crippen LogP contribution in [0, 0.1) is 0 Å². The van der Waals surface area contributed by atoms with Gasteiger partial charge in [-0.3, -0.25) is 4.79 Å². The summed E-state index contributed by atoms with van der Waals surface area (Å²) < 4.78 is 0.771. The van der Waals surface area contributed by atoms with Gasteiger partial charge in [-0.05, 0) is 24.3 Å². The van der Waals surface area contributed by atoms with Gasteiger partial charge in [0.1, 0.15) is 5.82 Å². The minimum absolute atomic E-state index is 0.0169. The molecule has 0 unspecified atom stereocenters. The molecule has 5 nitrogen and oxygen atoms in total. The maximum atomic E-state index is 11.9. The second-order valence-electron chi connectivity index (χ2n) is 3.49. The molecule has 1 aromatic carbocycles. The van der Waals surface area contributed by atoms with Crippen LogP contribution in [0.25, 0.3) is 0 Å². The lowest BCUT2D eigenvalue weighted by Crippen LogP contribution is -2.13. The quantitative estimate of drug-likeness (QED) is 0.744. The van der Waals surface area contributed by atoms with E-state index in [0.29, 0.717) is 5.82 Å². The summed E-state index contributed by atoms with van der Waals surface area (Å²) in [4.78, 5) is 15.8. The van der Waals surface area contributed by atoms with E-state index in [2.05, 4.69) is 26.2 Å². The second kappa shape index (κ2) is 5.05. The Labute approximate surface area is 111 Å². The number of rotatable bonds is 2. The molecule has 2 aromatic rings. The number of hydrogen-bond donors (Lipinski definition) is 3. The van der Waals surface area contributed by atoms with E-state index >= 15 is 0 Å². The summed E-state index contributed by atoms with van der Waals surface area (Å²) in [6.45, 7) is 0. The molecule has 1 heterocycles. The fourth-order valence-electron chi connectivity index (χ4n) is 1.37. The van der Waals surface area contributed by atoms with Gasteiger partial charge in [0.05, 0.1) is 5.56 Å². The smallest absolute Gasteiger partial charge is 0.260 e. The molecule has 92 valence electrons. The van der Waals surface area contributed by atoms with Crippen molar-refractivity contribution in [1.29, 1.82) is 0 Å². The zero-order valence-corrected chi connectivity index (χ0v) is 10.7. The number of anilines is 1. The molecule has 1 aromatic heterocycles. The third-order valence-electron chi connectivity index (χ3n) is 2.22. The molecule has 0 aliphatic heterocycles. The van der Waals surface area contributed by atoms with E-state index in [1.165, 1.54) is 24.4 Å². The van der Waals surface area contributed by atoms with Gasteiger partial charge in [-0.25, -0.2) is 4.98 Å². The number of carbonyl (C=O) groups is 1. The van der Waals surface area contributed by atoms with Crippen LogP contribution in [-0.2, 0) is 0 Å². The molecule has 0 saturated carbocycles. The van der Waals surface area contributed by atoms with Gasteiger partial charge in [-0.2, -0.15) is 0 Å². The predicted molar refractivity (Wildman–Crippen MR) is 69.7 cm³/mol. The molecule has 0 aliphatic rings. The van der Waals surface area contributed by atoms with E-state index in [4.69, 9.17) is 0 Å². The van der Waals surface area contributed by atoms with Crippen molar-refractivity contribution in [2.75, 3.05) is 5.32 Å². The standard InChI is InChI=1S/C12H9BrN2O3/c13-7-4-5-14-10(6-7)15-12(18)8-2-1-3-9(16)11(8)17/h1-6,16-17H,(H,14,15,18). The Morgan fingerprint density at radius 3 is 2.78 bits per heavy atom. The number of carbonyl (C=O) groups excluding carboxylic acids is 1. The number of benzene rings is 1. The number of aromatic hydroxyl groups is 2. The first-order valence-electron chi connectivity index (χ1n) is 5.02. The van der Waals surface area contributed by atoms with Crippen LogP contribution in [0.2, 0.25) is 0 Å². The minimum atomic E-state index is -0.547. The van der Waals surface area contributed by atoms with E-state index in [1.807, 2.05) is 0 Å². The Kier molecular flexibility index (Phi) is 3.47. The fourth-order valence-corrected chi connectivity index (χ4v) is 1.71. The molecule has 0 bridgehead atoms. The largest absolute Gasteiger partial charge is 0.504 e. The Balaban J connectivity index is 2.25. The van der Waals surface area contributed by atoms with Crippen LogP contribution in [-0.4, -0.2) is 21.1 Å². The lowest BCUT2D eigenvalue weighted by molar-refractivity contribution is 0.102. The second-order valence-corrected chi connectivity index (χ2v) is 4.40. The van der Waals surface area contributed by atoms with Crippen molar-refractivity contribution < 1.29 is 15.0 Å². The van der Waals surface area contributed by atoms with Crippen molar-refractivity contribution in [2.45, 2.75) is 0 Å². The van der Waals surface area contributed by atoms with Crippen molar-refractivity contribution in [3.63, 3.8) is 0 Å². The molecule has 2 rings (SSSR count). The minimum Gasteiger partial charge on any atom is -0.504 e. The summed E-state index contributed by atoms with van der Waals surface area (Å²) in [5.74, 6) is -0.999. The third-order valence-corrected chi connectivity index (χ3v) is 2.72. The molecule has 3 N–H and O–H groups in total. The maximum absolute atomic E-state index is 11.9. The van der Waals surface area contributed by atoms with Crippen LogP contribution in [0.1, 0.15) is 10.4 Å². The van der Waals surface area contributed by atoms with Gasteiger partial charge in [-0.1, -0.05) is 22.0 Å². The van der Waals surface area contributed by atoms with Crippen LogP contribution >= 0.6 is 15.9 Å². The van der Waals surface area contributed by atoms with Gasteiger partial charge in [-0.15, -0.1) is 0 Å². The predicted octanol–water partition coefficient (Wildman–Crippen LogP) is 2.51. The van der Waals surface area contributed by atoms with Crippen molar-refractivity contribution in [3.8, 4) is 11.5 Å². The van der Waals surface area contributed by atoms with Gasteiger partial charge >= 0.3 is 0 Å². The molecular formula is C12H9BrN2O3. The molecule has 1 amide bonds. The lowest BCUT2D eigenvalue weighted by atomic mass is 10.1. The van der Waals surface area contributed by atoms with Gasteiger partial charge in [0.15, 0.2) is 11.5 Å². The van der Waals surface area contributed by atoms with Crippen molar-refractivity contribution in [2.24, 2.45) is 0 Å². The highest BCUT2D eigenvalue weighted by molar-refractivity contribution is 9.10. The average Bonchev–Trinajstić information content (AvgIpc) is 2.32. The summed E-state index contributed by atoms with van der Waals surface area (Å²) in [6.07, 6.45) is 1.53. The number of pyridine rings is 1. The number of nitrogens with zero attached hydrogens (tertiary/aromatic N) is 1. The number of amides is 1. The summed E-state index contributed by atoms with van der Waals surface area (Å²) in [5, 5.41) is 21.4. The van der Waals surface area contributed by atoms with Crippen molar-refractivity contribution in [1.82, 2.24) is 4.98 Å². The van der Waals surface area contributed by atoms with Gasteiger partial charge in [0.2, 0.25) is 0 Å². The SMILES string of the molecule is O=C(Nc1cc(Br)ccn1)c1cccc(O)c1O. The van der Waals surface area contributed by atoms with E-state index in [9.17, 15) is 15.0 Å². The first kappa shape index (κ1) is 12.4. The van der Waals surface area contributed by atoms with Gasteiger partial charge in [0.25, 0.3) is 5.91 Å². The van der Waals surface area contributed by atoms with E-state index in [1.54, 1.807) is 12.1 Å². The first-order chi connectivity index (χ1) is 8.58. The monoisotopic (exact) mass is 308 g/mol. The van der Waals surface area contributed by atoms with Crippen LogP contribution in [0.3, 0.4) is 0 Å². The summed E-state index contributed by atoms with van der Waals surface area (Å²) in [7, 11) is 0. The molecule has 18 heavy (non-hydrogen) atoms. The molecule has 0 radical (unpaired) electrons. The van der Waals surface area contributed by atoms with Gasteiger partial charge < -0.3 is 15.5 Å². The molecule has 0 fully saturated rings. The zero-order valence-electron chi connectivity index (χ0n) is 9.09. The van der Waals surface area contributed by atoms with E-state index in [0.717, 1.165) is 4.47 Å². The Hall–Kier alpha value is -2.08. The Morgan fingerprint density at radius 2 is 2.06 bits per heavy atom. The highest BCUT2D eigenvalue weighted by Gasteiger charge is 2.14. The van der Waals surface area contributed by atoms with E-state index < -0.39 is 11.7 Å². The normalized spacial score (nSPS) is 10.1. The molecule has 0 aliphatic carbocycles. The fraction of sp³-hybridized carbons (Fsp3) is 0. The third kappa shape index (κ3) is 2.60. The molecule has 0 saturated heterocycles. The number of hydrogen-bond acceptors (Lipinski definition) is 4. The number of phenolic OH excluding ortho intramolecular Hbond substituents is 2. The summed E-state index contributed by atoms with van der Waals surface area (Å²) in [6, 6.07) is 7.52. The van der Waals surface area contributed by atoms with Crippen LogP contribution in [0.5, 0.6) is 11.5 Å². The molecule has 0 spiro atoms. The highest BCUT2D eigenvalue weighted by atomic mass is 79.9. The topological polar surface area (TPSA) is 82.5 Å². The zero-order chi connectivity index (χ0) is 13.1. The van der Waals surface area contributed by atoms with Gasteiger partial charge in [0, 0.05) is 10.7 Å². The Bertz CT molecular complexity index is 602. The summed E-state index contributed by atoms with van der Waals surface area (Å²) >= 11 is 3.25. The van der Waals surface area contributed by atoms with Crippen LogP contribution in [0.4, 0.5) is 5.82 Å². The molecule has 6 heteroatoms. The first-order valence-corrected chi connectivity index (χ1v) is 5.81. The number of nitrogens with one attached hydrogen (secondary N) is 1. The number of halogens is 1. The molecular weight excluding hydrogens is 300 g/mol. The number of aromatic nitrogens is 1. The Morgan fingerprint density at radius 1 is 1.28 bits per heavy atom. The average molecular weight is 309 g/mol. The number of phenols is 2. The maximum Gasteiger partial charge on any atom is 0.260 e. The summed E-state index contributed by atoms with van der Waals surface area (Å²) in [5.41, 5.74) is -0.0169.